The van der Waals surface area contributed by atoms with Gasteiger partial charge in [-0.3, -0.25) is 4.79 Å². The number of hydrogen-bond donors (Lipinski definition) is 2. The SMILES string of the molecule is Cc1cc(N2CCCC2)c(C)cc1[C@H]1OCC[C@@]23C[C@@H](C[C@H]12)C(C)(C)[C@@H]3NC(=O)CCO. The van der Waals surface area contributed by atoms with Crippen molar-refractivity contribution in [2.45, 2.75) is 78.4 Å². The Bertz CT molecular complexity index is 891. The molecule has 5 heteroatoms. The number of aliphatic hydroxyl groups is 1. The van der Waals surface area contributed by atoms with Crippen LogP contribution in [0.2, 0.25) is 0 Å². The summed E-state index contributed by atoms with van der Waals surface area (Å²) in [4.78, 5) is 15.1. The molecule has 2 N–H and O–H groups in total. The van der Waals surface area contributed by atoms with Crippen molar-refractivity contribution in [3.63, 3.8) is 0 Å². The maximum atomic E-state index is 12.5. The lowest BCUT2D eigenvalue weighted by Crippen LogP contribution is -2.59. The van der Waals surface area contributed by atoms with Gasteiger partial charge in [0.2, 0.25) is 5.91 Å². The fraction of sp³-hybridized carbons (Fsp3) is 0.741. The van der Waals surface area contributed by atoms with Crippen molar-refractivity contribution in [1.82, 2.24) is 5.32 Å². The van der Waals surface area contributed by atoms with E-state index in [4.69, 9.17) is 4.74 Å². The van der Waals surface area contributed by atoms with E-state index in [9.17, 15) is 9.90 Å². The maximum absolute atomic E-state index is 12.5. The molecule has 0 radical (unpaired) electrons. The quantitative estimate of drug-likeness (QED) is 0.717. The molecule has 0 aromatic heterocycles. The van der Waals surface area contributed by atoms with Gasteiger partial charge in [-0.2, -0.15) is 0 Å². The first-order valence-corrected chi connectivity index (χ1v) is 12.7. The van der Waals surface area contributed by atoms with Crippen LogP contribution in [0, 0.1) is 36.5 Å². The lowest BCUT2D eigenvalue weighted by molar-refractivity contribution is -0.137. The molecule has 5 nitrogen and oxygen atoms in total. The molecule has 2 aliphatic heterocycles. The van der Waals surface area contributed by atoms with E-state index in [0.717, 1.165) is 26.1 Å². The number of ether oxygens (including phenoxy) is 1. The van der Waals surface area contributed by atoms with Gasteiger partial charge in [0.15, 0.2) is 0 Å². The summed E-state index contributed by atoms with van der Waals surface area (Å²) < 4.78 is 6.53. The number of anilines is 1. The first-order valence-electron chi connectivity index (χ1n) is 12.7. The molecule has 2 saturated heterocycles. The van der Waals surface area contributed by atoms with E-state index in [0.29, 0.717) is 11.8 Å². The first kappa shape index (κ1) is 22.2. The number of hydrogen-bond acceptors (Lipinski definition) is 4. The summed E-state index contributed by atoms with van der Waals surface area (Å²) in [5.41, 5.74) is 5.59. The van der Waals surface area contributed by atoms with Gasteiger partial charge in [-0.15, -0.1) is 0 Å². The average molecular weight is 441 g/mol. The van der Waals surface area contributed by atoms with Crippen LogP contribution in [-0.2, 0) is 9.53 Å². The van der Waals surface area contributed by atoms with Gasteiger partial charge >= 0.3 is 0 Å². The second-order valence-electron chi connectivity index (χ2n) is 11.5. The third-order valence-corrected chi connectivity index (χ3v) is 9.49. The third-order valence-electron chi connectivity index (χ3n) is 9.49. The Balaban J connectivity index is 1.47. The zero-order valence-corrected chi connectivity index (χ0v) is 20.2. The number of fused-ring (bicyclic) bond motifs is 1. The average Bonchev–Trinajstić information content (AvgIpc) is 3.45. The van der Waals surface area contributed by atoms with E-state index < -0.39 is 0 Å². The standard InChI is InChI=1S/C27H40N2O3/c1-17-14-22(29-9-5-6-10-29)18(2)13-20(17)24-21-15-19-16-27(21,8-12-32-24)25(26(19,3)4)28-23(31)7-11-30/h13-14,19,21,24-25,30H,5-12,15-16H2,1-4H3,(H,28,31)/t19-,21-,24-,25+,27-/m1/s1. The molecule has 1 amide bonds. The van der Waals surface area contributed by atoms with Crippen molar-refractivity contribution in [1.29, 1.82) is 0 Å². The highest BCUT2D eigenvalue weighted by molar-refractivity contribution is 5.76. The van der Waals surface area contributed by atoms with Gasteiger partial charge in [0, 0.05) is 37.8 Å². The summed E-state index contributed by atoms with van der Waals surface area (Å²) in [7, 11) is 0. The minimum absolute atomic E-state index is 0.0173. The molecule has 5 atom stereocenters. The second-order valence-corrected chi connectivity index (χ2v) is 11.5. The summed E-state index contributed by atoms with van der Waals surface area (Å²) in [6.07, 6.45) is 6.24. The normalized spacial score (nSPS) is 35.2. The highest BCUT2D eigenvalue weighted by Gasteiger charge is 2.68. The molecule has 2 aliphatic carbocycles. The van der Waals surface area contributed by atoms with E-state index in [-0.39, 0.29) is 41.9 Å². The molecule has 2 bridgehead atoms. The number of carbonyl (C=O) groups excluding carboxylic acids is 1. The zero-order chi connectivity index (χ0) is 22.7. The van der Waals surface area contributed by atoms with Crippen LogP contribution in [-0.4, -0.2) is 43.4 Å². The van der Waals surface area contributed by atoms with Gasteiger partial charge < -0.3 is 20.1 Å². The van der Waals surface area contributed by atoms with Crippen LogP contribution in [0.3, 0.4) is 0 Å². The number of aryl methyl sites for hydroxylation is 2. The van der Waals surface area contributed by atoms with E-state index in [1.54, 1.807) is 0 Å². The Kier molecular flexibility index (Phi) is 5.57. The maximum Gasteiger partial charge on any atom is 0.222 e. The Morgan fingerprint density at radius 3 is 2.69 bits per heavy atom. The number of amides is 1. The monoisotopic (exact) mass is 440 g/mol. The Hall–Kier alpha value is -1.59. The van der Waals surface area contributed by atoms with Crippen LogP contribution in [0.25, 0.3) is 0 Å². The molecule has 5 rings (SSSR count). The molecule has 4 fully saturated rings. The van der Waals surface area contributed by atoms with Gasteiger partial charge in [0.25, 0.3) is 0 Å². The zero-order valence-electron chi connectivity index (χ0n) is 20.2. The molecular weight excluding hydrogens is 400 g/mol. The molecule has 2 saturated carbocycles. The number of rotatable bonds is 5. The van der Waals surface area contributed by atoms with E-state index >= 15 is 0 Å². The molecule has 1 aromatic rings. The van der Waals surface area contributed by atoms with Crippen LogP contribution in [0.15, 0.2) is 12.1 Å². The van der Waals surface area contributed by atoms with Gasteiger partial charge in [-0.05, 0) is 91.4 Å². The molecule has 1 aromatic carbocycles. The predicted molar refractivity (Wildman–Crippen MR) is 127 cm³/mol. The van der Waals surface area contributed by atoms with Crippen LogP contribution in [0.4, 0.5) is 5.69 Å². The number of nitrogens with zero attached hydrogens (tertiary/aromatic N) is 1. The van der Waals surface area contributed by atoms with Crippen LogP contribution >= 0.6 is 0 Å². The smallest absolute Gasteiger partial charge is 0.222 e. The minimum atomic E-state index is -0.0909. The first-order chi connectivity index (χ1) is 15.3. The van der Waals surface area contributed by atoms with Crippen LogP contribution < -0.4 is 10.2 Å². The summed E-state index contributed by atoms with van der Waals surface area (Å²) in [5, 5.41) is 12.6. The topological polar surface area (TPSA) is 61.8 Å². The summed E-state index contributed by atoms with van der Waals surface area (Å²) in [6.45, 7) is 12.1. The van der Waals surface area contributed by atoms with Crippen molar-refractivity contribution in [3.8, 4) is 0 Å². The molecular formula is C27H40N2O3. The van der Waals surface area contributed by atoms with Crippen LogP contribution in [0.5, 0.6) is 0 Å². The largest absolute Gasteiger partial charge is 0.396 e. The van der Waals surface area contributed by atoms with Crippen molar-refractivity contribution in [2.24, 2.45) is 22.7 Å². The molecule has 176 valence electrons. The van der Waals surface area contributed by atoms with Crippen molar-refractivity contribution in [2.75, 3.05) is 31.2 Å². The number of carbonyl (C=O) groups is 1. The van der Waals surface area contributed by atoms with E-state index in [2.05, 4.69) is 50.0 Å². The fourth-order valence-electron chi connectivity index (χ4n) is 7.86. The molecule has 4 aliphatic rings. The van der Waals surface area contributed by atoms with Gasteiger partial charge in [-0.25, -0.2) is 0 Å². The summed E-state index contributed by atoms with van der Waals surface area (Å²) in [6, 6.07) is 4.93. The molecule has 32 heavy (non-hydrogen) atoms. The Labute approximate surface area is 192 Å². The van der Waals surface area contributed by atoms with Gasteiger partial charge in [0.05, 0.1) is 12.7 Å². The lowest BCUT2D eigenvalue weighted by atomic mass is 9.58. The number of benzene rings is 1. The second kappa shape index (κ2) is 8.02. The van der Waals surface area contributed by atoms with Crippen molar-refractivity contribution in [3.05, 3.63) is 28.8 Å². The fourth-order valence-corrected chi connectivity index (χ4v) is 7.86. The third kappa shape index (κ3) is 3.30. The van der Waals surface area contributed by atoms with E-state index in [1.807, 2.05) is 0 Å². The predicted octanol–water partition coefficient (Wildman–Crippen LogP) is 4.28. The van der Waals surface area contributed by atoms with Gasteiger partial charge in [-0.1, -0.05) is 19.9 Å². The summed E-state index contributed by atoms with van der Waals surface area (Å²) >= 11 is 0. The van der Waals surface area contributed by atoms with Crippen molar-refractivity contribution >= 4 is 11.6 Å². The Morgan fingerprint density at radius 2 is 1.97 bits per heavy atom. The highest BCUT2D eigenvalue weighted by Crippen LogP contribution is 2.70. The minimum Gasteiger partial charge on any atom is -0.396 e. The highest BCUT2D eigenvalue weighted by atomic mass is 16.5. The van der Waals surface area contributed by atoms with Gasteiger partial charge in [0.1, 0.15) is 0 Å². The van der Waals surface area contributed by atoms with Crippen molar-refractivity contribution < 1.29 is 14.6 Å². The van der Waals surface area contributed by atoms with E-state index in [1.165, 1.54) is 48.1 Å². The number of aliphatic hydroxyl groups excluding tert-OH is 1. The Morgan fingerprint density at radius 1 is 1.22 bits per heavy atom. The summed E-state index contributed by atoms with van der Waals surface area (Å²) in [5.74, 6) is 1.02. The number of nitrogens with one attached hydrogen (secondary N) is 1. The molecule has 2 heterocycles. The van der Waals surface area contributed by atoms with Crippen LogP contribution in [0.1, 0.15) is 75.2 Å². The molecule has 0 unspecified atom stereocenters. The lowest BCUT2D eigenvalue weighted by Gasteiger charge is -2.53. The molecule has 1 spiro atoms.